The van der Waals surface area contributed by atoms with Gasteiger partial charge in [0.05, 0.1) is 6.42 Å². The monoisotopic (exact) mass is 353 g/mol. The van der Waals surface area contributed by atoms with E-state index in [1.165, 1.54) is 16.7 Å². The highest BCUT2D eigenvalue weighted by atomic mass is 16.5. The molecule has 0 aliphatic rings. The fourth-order valence-corrected chi connectivity index (χ4v) is 3.29. The molecule has 0 fully saturated rings. The molecule has 0 radical (unpaired) electrons. The van der Waals surface area contributed by atoms with Gasteiger partial charge in [-0.15, -0.1) is 0 Å². The van der Waals surface area contributed by atoms with Crippen LogP contribution in [0, 0.1) is 0 Å². The van der Waals surface area contributed by atoms with Crippen LogP contribution in [-0.2, 0) is 22.4 Å². The third kappa shape index (κ3) is 5.70. The van der Waals surface area contributed by atoms with Crippen molar-refractivity contribution < 1.29 is 9.53 Å². The molecule has 0 spiro atoms. The van der Waals surface area contributed by atoms with Crippen LogP contribution in [0.15, 0.2) is 48.5 Å². The number of carbonyl (C=O) groups excluding carboxylic acids is 1. The normalized spacial score (nSPS) is 10.9. The quantitative estimate of drug-likeness (QED) is 0.578. The molecule has 3 nitrogen and oxygen atoms in total. The Balaban J connectivity index is 2.13. The van der Waals surface area contributed by atoms with Crippen LogP contribution >= 0.6 is 0 Å². The van der Waals surface area contributed by atoms with Crippen molar-refractivity contribution in [3.63, 3.8) is 0 Å². The van der Waals surface area contributed by atoms with Gasteiger partial charge in [0, 0.05) is 6.54 Å². The molecule has 0 saturated heterocycles. The Bertz CT molecular complexity index is 678. The summed E-state index contributed by atoms with van der Waals surface area (Å²) in [5.41, 5.74) is 4.71. The molecule has 0 aliphatic heterocycles. The maximum atomic E-state index is 12.4. The molecule has 2 rings (SSSR count). The molecule has 140 valence electrons. The predicted octanol–water partition coefficient (Wildman–Crippen LogP) is 4.73. The molecule has 0 heterocycles. The predicted molar refractivity (Wildman–Crippen MR) is 108 cm³/mol. The van der Waals surface area contributed by atoms with Crippen molar-refractivity contribution in [2.75, 3.05) is 26.2 Å². The SMILES string of the molecule is CCCc1cccc(CC(=O)OCCN(CC)CC)c1-c1ccccc1. The molecule has 0 N–H and O–H groups in total. The van der Waals surface area contributed by atoms with Gasteiger partial charge in [0.1, 0.15) is 6.61 Å². The van der Waals surface area contributed by atoms with Gasteiger partial charge in [0.25, 0.3) is 0 Å². The first-order chi connectivity index (χ1) is 12.7. The van der Waals surface area contributed by atoms with E-state index >= 15 is 0 Å². The first kappa shape index (κ1) is 20.2. The lowest BCUT2D eigenvalue weighted by atomic mass is 9.91. The third-order valence-electron chi connectivity index (χ3n) is 4.72. The van der Waals surface area contributed by atoms with Crippen LogP contribution in [-0.4, -0.2) is 37.1 Å². The first-order valence-electron chi connectivity index (χ1n) is 9.73. The maximum absolute atomic E-state index is 12.4. The number of esters is 1. The molecular formula is C23H31NO2. The summed E-state index contributed by atoms with van der Waals surface area (Å²) < 4.78 is 5.49. The van der Waals surface area contributed by atoms with E-state index in [-0.39, 0.29) is 5.97 Å². The number of ether oxygens (including phenoxy) is 1. The van der Waals surface area contributed by atoms with Crippen LogP contribution in [0.3, 0.4) is 0 Å². The molecular weight excluding hydrogens is 322 g/mol. The summed E-state index contributed by atoms with van der Waals surface area (Å²) in [6.45, 7) is 9.63. The van der Waals surface area contributed by atoms with Crippen LogP contribution in [0.4, 0.5) is 0 Å². The second kappa shape index (κ2) is 10.8. The van der Waals surface area contributed by atoms with E-state index in [9.17, 15) is 4.79 Å². The Morgan fingerprint density at radius 3 is 2.27 bits per heavy atom. The second-order valence-electron chi connectivity index (χ2n) is 6.49. The van der Waals surface area contributed by atoms with E-state index in [0.29, 0.717) is 13.0 Å². The van der Waals surface area contributed by atoms with Gasteiger partial charge in [0.15, 0.2) is 0 Å². The van der Waals surface area contributed by atoms with Crippen molar-refractivity contribution in [2.45, 2.75) is 40.0 Å². The number of benzene rings is 2. The topological polar surface area (TPSA) is 29.5 Å². The van der Waals surface area contributed by atoms with Gasteiger partial charge in [-0.3, -0.25) is 4.79 Å². The van der Waals surface area contributed by atoms with E-state index in [1.54, 1.807) is 0 Å². The number of likely N-dealkylation sites (N-methyl/N-ethyl adjacent to an activating group) is 1. The number of nitrogens with zero attached hydrogens (tertiary/aromatic N) is 1. The van der Waals surface area contributed by atoms with Crippen LogP contribution < -0.4 is 0 Å². The minimum atomic E-state index is -0.150. The van der Waals surface area contributed by atoms with Crippen LogP contribution in [0.1, 0.15) is 38.3 Å². The van der Waals surface area contributed by atoms with Crippen molar-refractivity contribution in [1.82, 2.24) is 4.90 Å². The van der Waals surface area contributed by atoms with Gasteiger partial charge in [-0.1, -0.05) is 75.7 Å². The lowest BCUT2D eigenvalue weighted by Crippen LogP contribution is -2.28. The lowest BCUT2D eigenvalue weighted by Gasteiger charge is -2.18. The minimum Gasteiger partial charge on any atom is -0.464 e. The van der Waals surface area contributed by atoms with Crippen LogP contribution in [0.5, 0.6) is 0 Å². The standard InChI is InChI=1S/C23H31NO2/c1-4-11-19-14-10-15-21(23(19)20-12-8-7-9-13-20)18-22(25)26-17-16-24(5-2)6-3/h7-10,12-15H,4-6,11,16-18H2,1-3H3. The maximum Gasteiger partial charge on any atom is 0.310 e. The average Bonchev–Trinajstić information content (AvgIpc) is 2.66. The Morgan fingerprint density at radius 1 is 0.923 bits per heavy atom. The number of carbonyl (C=O) groups is 1. The molecule has 2 aromatic rings. The first-order valence-corrected chi connectivity index (χ1v) is 9.73. The van der Waals surface area contributed by atoms with Crippen LogP contribution in [0.25, 0.3) is 11.1 Å². The molecule has 0 aromatic heterocycles. The van der Waals surface area contributed by atoms with Gasteiger partial charge < -0.3 is 9.64 Å². The van der Waals surface area contributed by atoms with Gasteiger partial charge >= 0.3 is 5.97 Å². The summed E-state index contributed by atoms with van der Waals surface area (Å²) in [6.07, 6.45) is 2.41. The molecule has 0 amide bonds. The fraction of sp³-hybridized carbons (Fsp3) is 0.435. The highest BCUT2D eigenvalue weighted by Gasteiger charge is 2.14. The summed E-state index contributed by atoms with van der Waals surface area (Å²) in [5, 5.41) is 0. The molecule has 0 aliphatic carbocycles. The zero-order valence-corrected chi connectivity index (χ0v) is 16.3. The van der Waals surface area contributed by atoms with Crippen molar-refractivity contribution in [3.8, 4) is 11.1 Å². The summed E-state index contributed by atoms with van der Waals surface area (Å²) in [7, 11) is 0. The smallest absolute Gasteiger partial charge is 0.310 e. The number of rotatable bonds is 10. The van der Waals surface area contributed by atoms with E-state index < -0.39 is 0 Å². The van der Waals surface area contributed by atoms with Crippen molar-refractivity contribution in [1.29, 1.82) is 0 Å². The number of hydrogen-bond acceptors (Lipinski definition) is 3. The number of aryl methyl sites for hydroxylation is 1. The second-order valence-corrected chi connectivity index (χ2v) is 6.49. The summed E-state index contributed by atoms with van der Waals surface area (Å²) in [6, 6.07) is 16.6. The molecule has 0 atom stereocenters. The van der Waals surface area contributed by atoms with Gasteiger partial charge in [0.2, 0.25) is 0 Å². The molecule has 2 aromatic carbocycles. The summed E-state index contributed by atoms with van der Waals surface area (Å²) >= 11 is 0. The van der Waals surface area contributed by atoms with Crippen molar-refractivity contribution in [2.24, 2.45) is 0 Å². The van der Waals surface area contributed by atoms with E-state index in [1.807, 2.05) is 24.3 Å². The molecule has 0 unspecified atom stereocenters. The molecule has 0 bridgehead atoms. The largest absolute Gasteiger partial charge is 0.464 e. The lowest BCUT2D eigenvalue weighted by molar-refractivity contribution is -0.143. The average molecular weight is 354 g/mol. The van der Waals surface area contributed by atoms with E-state index in [4.69, 9.17) is 4.74 Å². The highest BCUT2D eigenvalue weighted by molar-refractivity contribution is 5.79. The molecule has 26 heavy (non-hydrogen) atoms. The Morgan fingerprint density at radius 2 is 1.62 bits per heavy atom. The zero-order chi connectivity index (χ0) is 18.8. The summed E-state index contributed by atoms with van der Waals surface area (Å²) in [4.78, 5) is 14.6. The molecule has 0 saturated carbocycles. The van der Waals surface area contributed by atoms with Gasteiger partial charge in [-0.2, -0.15) is 0 Å². The van der Waals surface area contributed by atoms with E-state index in [2.05, 4.69) is 49.9 Å². The third-order valence-corrected chi connectivity index (χ3v) is 4.72. The van der Waals surface area contributed by atoms with Gasteiger partial charge in [-0.05, 0) is 41.8 Å². The van der Waals surface area contributed by atoms with Crippen molar-refractivity contribution in [3.05, 3.63) is 59.7 Å². The Labute approximate surface area is 158 Å². The summed E-state index contributed by atoms with van der Waals surface area (Å²) in [5.74, 6) is -0.150. The van der Waals surface area contributed by atoms with Crippen LogP contribution in [0.2, 0.25) is 0 Å². The Kier molecular flexibility index (Phi) is 8.36. The highest BCUT2D eigenvalue weighted by Crippen LogP contribution is 2.29. The zero-order valence-electron chi connectivity index (χ0n) is 16.3. The van der Waals surface area contributed by atoms with E-state index in [0.717, 1.165) is 38.0 Å². The van der Waals surface area contributed by atoms with Crippen molar-refractivity contribution >= 4 is 5.97 Å². The van der Waals surface area contributed by atoms with Gasteiger partial charge in [-0.25, -0.2) is 0 Å². The number of hydrogen-bond donors (Lipinski definition) is 0. The Hall–Kier alpha value is -2.13. The molecule has 3 heteroatoms. The fourth-order valence-electron chi connectivity index (χ4n) is 3.29. The minimum absolute atomic E-state index is 0.150.